The number of phenolic OH excluding ortho intramolecular Hbond substituents is 1. The number of primary sulfonamides is 1. The zero-order valence-corrected chi connectivity index (χ0v) is 28.2. The Kier molecular flexibility index (Phi) is 17.6. The quantitative estimate of drug-likeness (QED) is 0.0493. The molecule has 0 spiro atoms. The molecule has 2 aromatic rings. The van der Waals surface area contributed by atoms with Crippen LogP contribution in [0.15, 0.2) is 63.4 Å². The molecular weight excluding hydrogens is 660 g/mol. The highest BCUT2D eigenvalue weighted by atomic mass is 32.2. The summed E-state index contributed by atoms with van der Waals surface area (Å²) in [4.78, 5) is 57.8. The van der Waals surface area contributed by atoms with Crippen LogP contribution in [-0.4, -0.2) is 97.4 Å². The van der Waals surface area contributed by atoms with Gasteiger partial charge in [-0.3, -0.25) is 24.2 Å². The number of benzene rings is 2. The molecule has 18 nitrogen and oxygen atoms in total. The van der Waals surface area contributed by atoms with Gasteiger partial charge in [0.2, 0.25) is 27.7 Å². The van der Waals surface area contributed by atoms with E-state index in [1.165, 1.54) is 29.2 Å². The summed E-state index contributed by atoms with van der Waals surface area (Å²) in [6.45, 7) is 3.42. The third-order valence-corrected chi connectivity index (χ3v) is 7.55. The number of nitrogens with two attached hydrogens (primary N) is 5. The van der Waals surface area contributed by atoms with Gasteiger partial charge in [0.05, 0.1) is 11.4 Å². The van der Waals surface area contributed by atoms with E-state index in [2.05, 4.69) is 20.6 Å². The molecule has 0 saturated heterocycles. The highest BCUT2D eigenvalue weighted by Crippen LogP contribution is 2.13. The lowest BCUT2D eigenvalue weighted by Crippen LogP contribution is -2.52. The molecule has 0 fully saturated rings. The number of phenols is 1. The first-order valence-electron chi connectivity index (χ1n) is 15.0. The van der Waals surface area contributed by atoms with Crippen LogP contribution in [0, 0.1) is 0 Å². The third kappa shape index (κ3) is 17.3. The SMILES string of the molecule is CC(=O)O.CCN(CCc1ccc(S(N)(=O)=O)cc1)C(=O)CNC(=O)[C@@H](CCCN=C(N)N)NC(=O)[C@H](Cc1ccc(O)cc1)N=C(N)N. The van der Waals surface area contributed by atoms with Gasteiger partial charge in [0, 0.05) is 33.0 Å². The fraction of sp³-hybridized carbons (Fsp3) is 0.400. The number of aromatic hydroxyl groups is 1. The van der Waals surface area contributed by atoms with Crippen LogP contribution in [0.1, 0.15) is 37.8 Å². The minimum Gasteiger partial charge on any atom is -0.508 e. The van der Waals surface area contributed by atoms with Crippen LogP contribution in [0.4, 0.5) is 0 Å². The highest BCUT2D eigenvalue weighted by molar-refractivity contribution is 7.89. The Bertz CT molecular complexity index is 1550. The molecule has 0 aliphatic rings. The van der Waals surface area contributed by atoms with E-state index in [1.807, 2.05) is 0 Å². The molecule has 0 unspecified atom stereocenters. The molecule has 2 rings (SSSR count). The lowest BCUT2D eigenvalue weighted by atomic mass is 10.0. The Hall–Kier alpha value is -5.43. The molecule has 0 bridgehead atoms. The number of likely N-dealkylation sites (N-methyl/N-ethyl adjacent to an activating group) is 1. The van der Waals surface area contributed by atoms with E-state index in [4.69, 9.17) is 38.0 Å². The zero-order valence-electron chi connectivity index (χ0n) is 27.4. The van der Waals surface area contributed by atoms with Crippen LogP contribution >= 0.6 is 0 Å². The maximum Gasteiger partial charge on any atom is 0.300 e. The smallest absolute Gasteiger partial charge is 0.300 e. The molecule has 3 amide bonds. The number of nitrogens with one attached hydrogen (secondary N) is 2. The van der Waals surface area contributed by atoms with Crippen molar-refractivity contribution in [1.82, 2.24) is 15.5 Å². The number of guanidine groups is 2. The number of amides is 3. The normalized spacial score (nSPS) is 11.8. The van der Waals surface area contributed by atoms with Crippen molar-refractivity contribution in [3.05, 3.63) is 59.7 Å². The van der Waals surface area contributed by atoms with Crippen LogP contribution in [0.2, 0.25) is 0 Å². The van der Waals surface area contributed by atoms with Gasteiger partial charge in [-0.2, -0.15) is 0 Å². The summed E-state index contributed by atoms with van der Waals surface area (Å²) in [6.07, 6.45) is 0.999. The standard InChI is InChI=1S/C28H42N10O6S.C2H4O2/c1-2-38(15-13-18-7-11-21(12-8-18)45(33,43)44)24(40)17-35-25(41)22(4-3-14-34-27(29)30)36-26(42)23(37-28(31)32)16-19-5-9-20(39)10-6-19;1-2(3)4/h5-12,22-23,39H,2-4,13-17H2,1H3,(H,35,41)(H,36,42)(H4,29,30,34)(H4,31,32,37)(H2,33,43,44);1H3,(H,3,4)/t22-,23+;/m1./s1. The van der Waals surface area contributed by atoms with E-state index in [9.17, 15) is 27.9 Å². The Morgan fingerprint density at radius 3 is 2.00 bits per heavy atom. The van der Waals surface area contributed by atoms with E-state index in [0.717, 1.165) is 12.5 Å². The van der Waals surface area contributed by atoms with E-state index in [-0.39, 0.29) is 54.4 Å². The van der Waals surface area contributed by atoms with Crippen LogP contribution in [0.25, 0.3) is 0 Å². The van der Waals surface area contributed by atoms with Crippen molar-refractivity contribution in [3.8, 4) is 5.75 Å². The predicted molar refractivity (Wildman–Crippen MR) is 183 cm³/mol. The fourth-order valence-electron chi connectivity index (χ4n) is 4.24. The molecule has 0 aromatic heterocycles. The zero-order chi connectivity index (χ0) is 37.1. The molecule has 49 heavy (non-hydrogen) atoms. The van der Waals surface area contributed by atoms with Gasteiger partial charge >= 0.3 is 0 Å². The summed E-state index contributed by atoms with van der Waals surface area (Å²) in [7, 11) is -3.81. The minimum absolute atomic E-state index is 0.0118. The number of aliphatic imine (C=N–C) groups is 2. The molecule has 0 heterocycles. The largest absolute Gasteiger partial charge is 0.508 e. The molecule has 0 saturated carbocycles. The molecule has 0 aliphatic carbocycles. The lowest BCUT2D eigenvalue weighted by Gasteiger charge is -2.23. The van der Waals surface area contributed by atoms with Gasteiger partial charge in [0.15, 0.2) is 11.9 Å². The van der Waals surface area contributed by atoms with Gasteiger partial charge in [-0.1, -0.05) is 24.3 Å². The molecule has 14 N–H and O–H groups in total. The summed E-state index contributed by atoms with van der Waals surface area (Å²) in [5, 5.41) is 27.4. The van der Waals surface area contributed by atoms with Crippen LogP contribution in [0.3, 0.4) is 0 Å². The average molecular weight is 707 g/mol. The number of aliphatic carboxylic acids is 1. The summed E-state index contributed by atoms with van der Waals surface area (Å²) < 4.78 is 22.9. The summed E-state index contributed by atoms with van der Waals surface area (Å²) >= 11 is 0. The van der Waals surface area contributed by atoms with Crippen LogP contribution in [0.5, 0.6) is 5.75 Å². The average Bonchev–Trinajstić information content (AvgIpc) is 3.01. The first-order chi connectivity index (χ1) is 22.9. The van der Waals surface area contributed by atoms with E-state index >= 15 is 0 Å². The molecule has 0 radical (unpaired) electrons. The van der Waals surface area contributed by atoms with Crippen LogP contribution in [-0.2, 0) is 42.0 Å². The Balaban J connectivity index is 0.00000283. The van der Waals surface area contributed by atoms with Crippen molar-refractivity contribution in [2.75, 3.05) is 26.2 Å². The Labute approximate surface area is 284 Å². The van der Waals surface area contributed by atoms with Gasteiger partial charge in [0.1, 0.15) is 17.8 Å². The maximum absolute atomic E-state index is 13.3. The predicted octanol–water partition coefficient (Wildman–Crippen LogP) is -1.94. The van der Waals surface area contributed by atoms with Crippen molar-refractivity contribution in [1.29, 1.82) is 0 Å². The maximum atomic E-state index is 13.3. The van der Waals surface area contributed by atoms with Gasteiger partial charge in [-0.05, 0) is 61.6 Å². The number of hydrogen-bond acceptors (Lipinski definition) is 9. The van der Waals surface area contributed by atoms with E-state index in [1.54, 1.807) is 31.2 Å². The van der Waals surface area contributed by atoms with Gasteiger partial charge < -0.3 is 48.7 Å². The number of hydrogen-bond donors (Lipinski definition) is 9. The number of carbonyl (C=O) groups excluding carboxylic acids is 3. The van der Waals surface area contributed by atoms with Gasteiger partial charge in [0.25, 0.3) is 5.97 Å². The lowest BCUT2D eigenvalue weighted by molar-refractivity contribution is -0.134. The summed E-state index contributed by atoms with van der Waals surface area (Å²) in [5.74, 6) is -2.82. The van der Waals surface area contributed by atoms with E-state index in [0.29, 0.717) is 31.5 Å². The van der Waals surface area contributed by atoms with Crippen molar-refractivity contribution >= 4 is 45.6 Å². The molecule has 2 atom stereocenters. The second kappa shape index (κ2) is 20.7. The van der Waals surface area contributed by atoms with Crippen molar-refractivity contribution in [3.63, 3.8) is 0 Å². The topological polar surface area (TPSA) is 325 Å². The van der Waals surface area contributed by atoms with Crippen molar-refractivity contribution in [2.45, 2.75) is 56.5 Å². The van der Waals surface area contributed by atoms with Gasteiger partial charge in [-0.15, -0.1) is 0 Å². The molecule has 19 heteroatoms. The fourth-order valence-corrected chi connectivity index (χ4v) is 4.75. The molecule has 0 aliphatic heterocycles. The number of nitrogens with zero attached hydrogens (tertiary/aromatic N) is 3. The number of carbonyl (C=O) groups is 4. The van der Waals surface area contributed by atoms with E-state index < -0.39 is 39.9 Å². The number of rotatable bonds is 17. The second-order valence-corrected chi connectivity index (χ2v) is 12.2. The van der Waals surface area contributed by atoms with Crippen LogP contribution < -0.4 is 38.7 Å². The number of carboxylic acids is 1. The Morgan fingerprint density at radius 1 is 0.918 bits per heavy atom. The second-order valence-electron chi connectivity index (χ2n) is 10.6. The minimum atomic E-state index is -3.81. The highest BCUT2D eigenvalue weighted by Gasteiger charge is 2.26. The monoisotopic (exact) mass is 706 g/mol. The first-order valence-corrected chi connectivity index (χ1v) is 16.6. The third-order valence-electron chi connectivity index (χ3n) is 6.62. The Morgan fingerprint density at radius 2 is 1.49 bits per heavy atom. The molecular formula is C30H46N10O8S. The van der Waals surface area contributed by atoms with Gasteiger partial charge in [-0.25, -0.2) is 18.5 Å². The molecule has 2 aromatic carbocycles. The molecule has 270 valence electrons. The first kappa shape index (κ1) is 41.6. The number of carboxylic acid groups (broad SMARTS) is 1. The van der Waals surface area contributed by atoms with Crippen molar-refractivity contribution < 1.29 is 37.8 Å². The summed E-state index contributed by atoms with van der Waals surface area (Å²) in [6, 6.07) is 10.0. The van der Waals surface area contributed by atoms with Crippen molar-refractivity contribution in [2.24, 2.45) is 38.1 Å². The number of sulfonamides is 1. The summed E-state index contributed by atoms with van der Waals surface area (Å²) in [5.41, 5.74) is 23.3.